The predicted molar refractivity (Wildman–Crippen MR) is 91.4 cm³/mol. The first-order chi connectivity index (χ1) is 11.7. The molecule has 1 aliphatic rings. The van der Waals surface area contributed by atoms with Crippen LogP contribution in [-0.4, -0.2) is 27.5 Å². The highest BCUT2D eigenvalue weighted by Crippen LogP contribution is 2.19. The van der Waals surface area contributed by atoms with Crippen molar-refractivity contribution in [2.45, 2.75) is 26.2 Å². The minimum Gasteiger partial charge on any atom is -0.494 e. The van der Waals surface area contributed by atoms with Gasteiger partial charge in [-0.25, -0.2) is 9.48 Å². The van der Waals surface area contributed by atoms with Crippen LogP contribution in [0.15, 0.2) is 54.4 Å². The molecule has 5 heteroatoms. The fraction of sp³-hybridized carbons (Fsp3) is 0.263. The van der Waals surface area contributed by atoms with Gasteiger partial charge in [-0.1, -0.05) is 12.1 Å². The number of benzene rings is 1. The molecule has 1 heterocycles. The van der Waals surface area contributed by atoms with Crippen LogP contribution in [0.25, 0.3) is 5.69 Å². The zero-order valence-corrected chi connectivity index (χ0v) is 13.6. The summed E-state index contributed by atoms with van der Waals surface area (Å²) in [5, 5.41) is 13.8. The Morgan fingerprint density at radius 3 is 3.08 bits per heavy atom. The highest BCUT2D eigenvalue weighted by atomic mass is 16.5. The lowest BCUT2D eigenvalue weighted by molar-refractivity contribution is 0.0697. The Morgan fingerprint density at radius 2 is 2.29 bits per heavy atom. The summed E-state index contributed by atoms with van der Waals surface area (Å²) < 4.78 is 7.33. The first-order valence-electron chi connectivity index (χ1n) is 8.08. The zero-order valence-electron chi connectivity index (χ0n) is 13.6. The third-order valence-electron chi connectivity index (χ3n) is 3.90. The lowest BCUT2D eigenvalue weighted by Gasteiger charge is -2.03. The molecule has 0 amide bonds. The number of rotatable bonds is 4. The van der Waals surface area contributed by atoms with E-state index in [-0.39, 0.29) is 5.56 Å². The van der Waals surface area contributed by atoms with E-state index in [9.17, 15) is 4.79 Å². The van der Waals surface area contributed by atoms with Crippen LogP contribution < -0.4 is 0 Å². The van der Waals surface area contributed by atoms with Gasteiger partial charge in [-0.3, -0.25) is 0 Å². The topological polar surface area (TPSA) is 64.3 Å². The summed E-state index contributed by atoms with van der Waals surface area (Å²) in [6, 6.07) is 6.82. The van der Waals surface area contributed by atoms with Gasteiger partial charge < -0.3 is 9.84 Å². The second-order valence-electron chi connectivity index (χ2n) is 5.59. The lowest BCUT2D eigenvalue weighted by Crippen LogP contribution is -2.00. The SMILES string of the molecule is CCOC1=C/CCc2cn(-c3cccc(C(=O)O)c3)nc2C/C=C\1. The van der Waals surface area contributed by atoms with E-state index in [1.54, 1.807) is 22.9 Å². The monoisotopic (exact) mass is 324 g/mol. The predicted octanol–water partition coefficient (Wildman–Crippen LogP) is 3.54. The summed E-state index contributed by atoms with van der Waals surface area (Å²) in [6.07, 6.45) is 10.6. The number of carboxylic acids is 1. The minimum atomic E-state index is -0.935. The van der Waals surface area contributed by atoms with E-state index in [2.05, 4.69) is 17.3 Å². The van der Waals surface area contributed by atoms with Crippen molar-refractivity contribution in [1.82, 2.24) is 9.78 Å². The molecule has 3 rings (SSSR count). The van der Waals surface area contributed by atoms with Crippen LogP contribution >= 0.6 is 0 Å². The van der Waals surface area contributed by atoms with Crippen molar-refractivity contribution in [1.29, 1.82) is 0 Å². The van der Waals surface area contributed by atoms with E-state index in [0.717, 1.165) is 36.4 Å². The van der Waals surface area contributed by atoms with Gasteiger partial charge in [-0.15, -0.1) is 0 Å². The van der Waals surface area contributed by atoms with Gasteiger partial charge in [0.05, 0.1) is 23.6 Å². The molecule has 0 bridgehead atoms. The van der Waals surface area contributed by atoms with Gasteiger partial charge in [0.25, 0.3) is 0 Å². The maximum atomic E-state index is 11.1. The number of aryl methyl sites for hydroxylation is 1. The first kappa shape index (κ1) is 16.1. The van der Waals surface area contributed by atoms with Crippen LogP contribution in [0.3, 0.4) is 0 Å². The Labute approximate surface area is 140 Å². The van der Waals surface area contributed by atoms with Gasteiger partial charge in [0, 0.05) is 12.6 Å². The normalized spacial score (nSPS) is 17.6. The number of aromatic nitrogens is 2. The van der Waals surface area contributed by atoms with Crippen LogP contribution in [0, 0.1) is 0 Å². The number of aromatic carboxylic acids is 1. The van der Waals surface area contributed by atoms with Crippen LogP contribution in [-0.2, 0) is 17.6 Å². The Kier molecular flexibility index (Phi) is 4.79. The number of carbonyl (C=O) groups is 1. The molecule has 0 saturated carbocycles. The Bertz CT molecular complexity index is 803. The smallest absolute Gasteiger partial charge is 0.335 e. The molecule has 0 atom stereocenters. The Morgan fingerprint density at radius 1 is 1.42 bits per heavy atom. The van der Waals surface area contributed by atoms with Crippen molar-refractivity contribution in [3.05, 3.63) is 71.3 Å². The fourth-order valence-electron chi connectivity index (χ4n) is 2.74. The van der Waals surface area contributed by atoms with E-state index in [1.807, 2.05) is 25.3 Å². The highest BCUT2D eigenvalue weighted by molar-refractivity contribution is 5.88. The third kappa shape index (κ3) is 3.56. The quantitative estimate of drug-likeness (QED) is 0.934. The summed E-state index contributed by atoms with van der Waals surface area (Å²) >= 11 is 0. The average Bonchev–Trinajstić information content (AvgIpc) is 3.00. The molecule has 24 heavy (non-hydrogen) atoms. The van der Waals surface area contributed by atoms with Crippen molar-refractivity contribution >= 4 is 5.97 Å². The summed E-state index contributed by atoms with van der Waals surface area (Å²) in [6.45, 7) is 2.64. The molecular weight excluding hydrogens is 304 g/mol. The summed E-state index contributed by atoms with van der Waals surface area (Å²) in [5.41, 5.74) is 3.21. The van der Waals surface area contributed by atoms with Crippen LogP contribution in [0.1, 0.15) is 35.0 Å². The standard InChI is InChI=1S/C19H20N2O3/c1-2-24-17-9-4-7-15-13-21(20-18(15)11-5-10-17)16-8-3-6-14(12-16)19(22)23/h3,5-6,8-10,12-13H,2,4,7,11H2,1H3,(H,22,23)/b10-5-,17-9+. The van der Waals surface area contributed by atoms with Crippen molar-refractivity contribution in [2.75, 3.05) is 6.61 Å². The Balaban J connectivity index is 1.87. The third-order valence-corrected chi connectivity index (χ3v) is 3.90. The lowest BCUT2D eigenvalue weighted by atomic mass is 10.1. The molecular formula is C19H20N2O3. The molecule has 0 spiro atoms. The van der Waals surface area contributed by atoms with Gasteiger partial charge in [0.1, 0.15) is 5.76 Å². The Hall–Kier alpha value is -2.82. The van der Waals surface area contributed by atoms with Gasteiger partial charge >= 0.3 is 5.97 Å². The zero-order chi connectivity index (χ0) is 16.9. The molecule has 2 aromatic rings. The van der Waals surface area contributed by atoms with E-state index < -0.39 is 5.97 Å². The molecule has 1 aromatic heterocycles. The minimum absolute atomic E-state index is 0.261. The molecule has 1 N–H and O–H groups in total. The summed E-state index contributed by atoms with van der Waals surface area (Å²) in [5.74, 6) is -0.0277. The highest BCUT2D eigenvalue weighted by Gasteiger charge is 2.11. The van der Waals surface area contributed by atoms with Crippen molar-refractivity contribution in [2.24, 2.45) is 0 Å². The van der Waals surface area contributed by atoms with Crippen molar-refractivity contribution in [3.8, 4) is 5.69 Å². The molecule has 0 unspecified atom stereocenters. The number of ether oxygens (including phenoxy) is 1. The van der Waals surface area contributed by atoms with Gasteiger partial charge in [0.2, 0.25) is 0 Å². The fourth-order valence-corrected chi connectivity index (χ4v) is 2.74. The molecule has 0 fully saturated rings. The molecule has 1 aliphatic carbocycles. The molecule has 1 aromatic carbocycles. The molecule has 0 radical (unpaired) electrons. The molecule has 0 saturated heterocycles. The number of allylic oxidation sites excluding steroid dienone is 3. The van der Waals surface area contributed by atoms with Crippen LogP contribution in [0.2, 0.25) is 0 Å². The van der Waals surface area contributed by atoms with Crippen molar-refractivity contribution < 1.29 is 14.6 Å². The van der Waals surface area contributed by atoms with Gasteiger partial charge in [-0.2, -0.15) is 5.10 Å². The van der Waals surface area contributed by atoms with Crippen molar-refractivity contribution in [3.63, 3.8) is 0 Å². The number of carboxylic acid groups (broad SMARTS) is 1. The second kappa shape index (κ2) is 7.17. The average molecular weight is 324 g/mol. The maximum absolute atomic E-state index is 11.1. The van der Waals surface area contributed by atoms with E-state index in [1.165, 1.54) is 5.56 Å². The summed E-state index contributed by atoms with van der Waals surface area (Å²) in [7, 11) is 0. The van der Waals surface area contributed by atoms with E-state index in [0.29, 0.717) is 6.61 Å². The number of hydrogen-bond donors (Lipinski definition) is 1. The first-order valence-corrected chi connectivity index (χ1v) is 8.08. The van der Waals surface area contributed by atoms with Gasteiger partial charge in [-0.05, 0) is 55.7 Å². The number of fused-ring (bicyclic) bond motifs is 1. The molecule has 5 nitrogen and oxygen atoms in total. The molecule has 124 valence electrons. The van der Waals surface area contributed by atoms with Crippen LogP contribution in [0.5, 0.6) is 0 Å². The number of nitrogens with zero attached hydrogens (tertiary/aromatic N) is 2. The number of hydrogen-bond acceptors (Lipinski definition) is 3. The largest absolute Gasteiger partial charge is 0.494 e. The molecule has 0 aliphatic heterocycles. The van der Waals surface area contributed by atoms with Gasteiger partial charge in [0.15, 0.2) is 0 Å². The maximum Gasteiger partial charge on any atom is 0.335 e. The van der Waals surface area contributed by atoms with Crippen LogP contribution in [0.4, 0.5) is 0 Å². The summed E-state index contributed by atoms with van der Waals surface area (Å²) in [4.78, 5) is 11.1. The van der Waals surface area contributed by atoms with E-state index in [4.69, 9.17) is 9.84 Å². The second-order valence-corrected chi connectivity index (χ2v) is 5.59. The van der Waals surface area contributed by atoms with E-state index >= 15 is 0 Å².